The largest absolute Gasteiger partial charge is 0.484 e. The van der Waals surface area contributed by atoms with Gasteiger partial charge in [-0.25, -0.2) is 0 Å². The molecule has 0 fully saturated rings. The molecule has 0 aliphatic heterocycles. The van der Waals surface area contributed by atoms with Crippen molar-refractivity contribution in [1.82, 2.24) is 10.2 Å². The highest BCUT2D eigenvalue weighted by Crippen LogP contribution is 2.19. The Morgan fingerprint density at radius 1 is 0.943 bits per heavy atom. The fourth-order valence-electron chi connectivity index (χ4n) is 3.95. The van der Waals surface area contributed by atoms with Gasteiger partial charge in [0.2, 0.25) is 5.91 Å². The van der Waals surface area contributed by atoms with Crippen molar-refractivity contribution < 1.29 is 14.3 Å². The lowest BCUT2D eigenvalue weighted by molar-refractivity contribution is -0.142. The number of hydrogen-bond donors (Lipinski definition) is 1. The Labute approximate surface area is 213 Å². The molecular formula is C29H33ClN2O3. The summed E-state index contributed by atoms with van der Waals surface area (Å²) in [5, 5.41) is 3.59. The number of benzene rings is 3. The molecule has 0 aliphatic carbocycles. The van der Waals surface area contributed by atoms with Crippen LogP contribution in [0.4, 0.5) is 0 Å². The molecule has 3 aromatic carbocycles. The standard InChI is InChI=1S/C29H33ClN2O3/c1-4-14-31-29(34)27(18-23-8-6-5-7-9-23)32(19-24-10-12-25(30)13-11-24)28(33)20-35-26-16-21(2)15-22(3)17-26/h5-13,15-17,27H,4,14,18-20H2,1-3H3,(H,31,34)/t27-/m0/s1. The molecule has 0 spiro atoms. The third-order valence-corrected chi connectivity index (χ3v) is 5.90. The molecular weight excluding hydrogens is 460 g/mol. The number of ether oxygens (including phenoxy) is 1. The van der Waals surface area contributed by atoms with Crippen molar-refractivity contribution in [2.45, 2.75) is 46.2 Å². The van der Waals surface area contributed by atoms with E-state index < -0.39 is 6.04 Å². The number of hydrogen-bond acceptors (Lipinski definition) is 3. The Bertz CT molecular complexity index is 1100. The molecule has 184 valence electrons. The summed E-state index contributed by atoms with van der Waals surface area (Å²) in [5.74, 6) is 0.202. The average Bonchev–Trinajstić information content (AvgIpc) is 2.84. The molecule has 1 N–H and O–H groups in total. The van der Waals surface area contributed by atoms with E-state index in [1.807, 2.05) is 75.4 Å². The van der Waals surface area contributed by atoms with Crippen LogP contribution in [-0.2, 0) is 22.6 Å². The minimum absolute atomic E-state index is 0.164. The normalized spacial score (nSPS) is 11.5. The van der Waals surface area contributed by atoms with Gasteiger partial charge in [-0.05, 0) is 66.8 Å². The number of aryl methyl sites for hydroxylation is 2. The van der Waals surface area contributed by atoms with Crippen LogP contribution in [0.5, 0.6) is 5.75 Å². The molecule has 3 rings (SSSR count). The second kappa shape index (κ2) is 13.0. The monoisotopic (exact) mass is 492 g/mol. The Morgan fingerprint density at radius 2 is 1.60 bits per heavy atom. The lowest BCUT2D eigenvalue weighted by Crippen LogP contribution is -2.51. The van der Waals surface area contributed by atoms with E-state index in [4.69, 9.17) is 16.3 Å². The van der Waals surface area contributed by atoms with Crippen LogP contribution in [0.15, 0.2) is 72.8 Å². The maximum absolute atomic E-state index is 13.6. The van der Waals surface area contributed by atoms with Crippen LogP contribution >= 0.6 is 11.6 Å². The van der Waals surface area contributed by atoms with E-state index >= 15 is 0 Å². The molecule has 0 unspecified atom stereocenters. The number of carbonyl (C=O) groups is 2. The van der Waals surface area contributed by atoms with E-state index in [1.54, 1.807) is 17.0 Å². The lowest BCUT2D eigenvalue weighted by atomic mass is 10.0. The Kier molecular flexibility index (Phi) is 9.74. The van der Waals surface area contributed by atoms with E-state index in [2.05, 4.69) is 11.4 Å². The molecule has 0 radical (unpaired) electrons. The van der Waals surface area contributed by atoms with Crippen LogP contribution in [0.2, 0.25) is 5.02 Å². The van der Waals surface area contributed by atoms with Crippen molar-refractivity contribution in [2.24, 2.45) is 0 Å². The second-order valence-electron chi connectivity index (χ2n) is 8.76. The predicted molar refractivity (Wildman–Crippen MR) is 141 cm³/mol. The van der Waals surface area contributed by atoms with Crippen LogP contribution in [0.1, 0.15) is 35.6 Å². The summed E-state index contributed by atoms with van der Waals surface area (Å²) >= 11 is 6.07. The van der Waals surface area contributed by atoms with Crippen LogP contribution in [0.25, 0.3) is 0 Å². The summed E-state index contributed by atoms with van der Waals surface area (Å²) in [6.45, 7) is 6.63. The van der Waals surface area contributed by atoms with Crippen molar-refractivity contribution >= 4 is 23.4 Å². The molecule has 35 heavy (non-hydrogen) atoms. The minimum atomic E-state index is -0.685. The molecule has 3 aromatic rings. The van der Waals surface area contributed by atoms with Gasteiger partial charge in [0, 0.05) is 24.5 Å². The zero-order valence-electron chi connectivity index (χ0n) is 20.6. The zero-order valence-corrected chi connectivity index (χ0v) is 21.3. The first-order valence-corrected chi connectivity index (χ1v) is 12.3. The first-order valence-electron chi connectivity index (χ1n) is 11.9. The van der Waals surface area contributed by atoms with Gasteiger partial charge >= 0.3 is 0 Å². The summed E-state index contributed by atoms with van der Waals surface area (Å²) in [6, 6.07) is 22.2. The summed E-state index contributed by atoms with van der Waals surface area (Å²) in [5.41, 5.74) is 3.99. The van der Waals surface area contributed by atoms with E-state index in [-0.39, 0.29) is 25.0 Å². The third-order valence-electron chi connectivity index (χ3n) is 5.64. The quantitative estimate of drug-likeness (QED) is 0.384. The topological polar surface area (TPSA) is 58.6 Å². The summed E-state index contributed by atoms with van der Waals surface area (Å²) in [4.78, 5) is 28.5. The van der Waals surface area contributed by atoms with Crippen LogP contribution in [-0.4, -0.2) is 35.9 Å². The number of nitrogens with one attached hydrogen (secondary N) is 1. The number of rotatable bonds is 11. The molecule has 2 amide bonds. The van der Waals surface area contributed by atoms with Crippen LogP contribution < -0.4 is 10.1 Å². The highest BCUT2D eigenvalue weighted by atomic mass is 35.5. The highest BCUT2D eigenvalue weighted by Gasteiger charge is 2.30. The minimum Gasteiger partial charge on any atom is -0.484 e. The number of halogens is 1. The SMILES string of the molecule is CCCNC(=O)[C@H](Cc1ccccc1)N(Cc1ccc(Cl)cc1)C(=O)COc1cc(C)cc(C)c1. The molecule has 5 nitrogen and oxygen atoms in total. The maximum Gasteiger partial charge on any atom is 0.261 e. The molecule has 0 saturated heterocycles. The number of nitrogens with zero attached hydrogens (tertiary/aromatic N) is 1. The molecule has 6 heteroatoms. The Balaban J connectivity index is 1.89. The van der Waals surface area contributed by atoms with Gasteiger partial charge in [-0.2, -0.15) is 0 Å². The first-order chi connectivity index (χ1) is 16.9. The van der Waals surface area contributed by atoms with Crippen LogP contribution in [0, 0.1) is 13.8 Å². The predicted octanol–water partition coefficient (Wildman–Crippen LogP) is 5.50. The maximum atomic E-state index is 13.6. The van der Waals surface area contributed by atoms with E-state index in [0.29, 0.717) is 23.7 Å². The van der Waals surface area contributed by atoms with Crippen molar-refractivity contribution in [1.29, 1.82) is 0 Å². The molecule has 0 bridgehead atoms. The van der Waals surface area contributed by atoms with Gasteiger partial charge in [-0.3, -0.25) is 9.59 Å². The van der Waals surface area contributed by atoms with E-state index in [1.165, 1.54) is 0 Å². The number of amides is 2. The second-order valence-corrected chi connectivity index (χ2v) is 9.19. The summed E-state index contributed by atoms with van der Waals surface area (Å²) in [7, 11) is 0. The molecule has 0 aliphatic rings. The van der Waals surface area contributed by atoms with Crippen molar-refractivity contribution in [3.05, 3.63) is 100 Å². The molecule has 1 atom stereocenters. The van der Waals surface area contributed by atoms with Crippen molar-refractivity contribution in [2.75, 3.05) is 13.2 Å². The van der Waals surface area contributed by atoms with Gasteiger partial charge in [-0.15, -0.1) is 0 Å². The van der Waals surface area contributed by atoms with E-state index in [0.717, 1.165) is 28.7 Å². The third kappa shape index (κ3) is 8.15. The highest BCUT2D eigenvalue weighted by molar-refractivity contribution is 6.30. The Hall–Kier alpha value is -3.31. The molecule has 0 saturated carbocycles. The molecule has 0 heterocycles. The molecule has 0 aromatic heterocycles. The van der Waals surface area contributed by atoms with Gasteiger partial charge in [0.25, 0.3) is 5.91 Å². The fourth-order valence-corrected chi connectivity index (χ4v) is 4.08. The average molecular weight is 493 g/mol. The van der Waals surface area contributed by atoms with Gasteiger partial charge in [0.1, 0.15) is 11.8 Å². The van der Waals surface area contributed by atoms with Crippen molar-refractivity contribution in [3.8, 4) is 5.75 Å². The van der Waals surface area contributed by atoms with Crippen molar-refractivity contribution in [3.63, 3.8) is 0 Å². The fraction of sp³-hybridized carbons (Fsp3) is 0.310. The smallest absolute Gasteiger partial charge is 0.261 e. The lowest BCUT2D eigenvalue weighted by Gasteiger charge is -2.31. The Morgan fingerprint density at radius 3 is 2.23 bits per heavy atom. The summed E-state index contributed by atoms with van der Waals surface area (Å²) in [6.07, 6.45) is 1.21. The van der Waals surface area contributed by atoms with Gasteiger partial charge < -0.3 is 15.0 Å². The van der Waals surface area contributed by atoms with Gasteiger partial charge in [0.05, 0.1) is 0 Å². The zero-order chi connectivity index (χ0) is 25.2. The number of carbonyl (C=O) groups excluding carboxylic acids is 2. The van der Waals surface area contributed by atoms with Crippen LogP contribution in [0.3, 0.4) is 0 Å². The van der Waals surface area contributed by atoms with Gasteiger partial charge in [-0.1, -0.05) is 67.1 Å². The van der Waals surface area contributed by atoms with E-state index in [9.17, 15) is 9.59 Å². The van der Waals surface area contributed by atoms with Gasteiger partial charge in [0.15, 0.2) is 6.61 Å². The summed E-state index contributed by atoms with van der Waals surface area (Å²) < 4.78 is 5.88. The first kappa shape index (κ1) is 26.3.